The molecule has 0 radical (unpaired) electrons. The van der Waals surface area contributed by atoms with Crippen LogP contribution in [0.25, 0.3) is 78.1 Å². The Morgan fingerprint density at radius 3 is 1.51 bits per heavy atom. The fourth-order valence-electron chi connectivity index (χ4n) is 8.75. The lowest BCUT2D eigenvalue weighted by molar-refractivity contribution is 0.0519. The van der Waals surface area contributed by atoms with Gasteiger partial charge in [-0.15, -0.1) is 0 Å². The Kier molecular flexibility index (Phi) is 11.9. The summed E-state index contributed by atoms with van der Waals surface area (Å²) < 4.78 is 36.1. The maximum absolute atomic E-state index is 13.8. The van der Waals surface area contributed by atoms with Crippen LogP contribution in [0, 0.1) is 25.5 Å². The second kappa shape index (κ2) is 18.4. The number of ether oxygens (including phenoxy) is 1. The van der Waals surface area contributed by atoms with E-state index in [9.17, 15) is 18.4 Å². The molecule has 4 aromatic carbocycles. The first-order valence-electron chi connectivity index (χ1n) is 22.6. The molecular formula is C53H46F2N12O3. The predicted molar refractivity (Wildman–Crippen MR) is 266 cm³/mol. The van der Waals surface area contributed by atoms with Crippen molar-refractivity contribution in [2.75, 3.05) is 51.3 Å². The summed E-state index contributed by atoms with van der Waals surface area (Å²) >= 11 is 0. The summed E-state index contributed by atoms with van der Waals surface area (Å²) in [6, 6.07) is 27.9. The van der Waals surface area contributed by atoms with Gasteiger partial charge >= 0.3 is 5.97 Å². The molecule has 0 spiro atoms. The van der Waals surface area contributed by atoms with E-state index in [1.165, 1.54) is 24.3 Å². The highest BCUT2D eigenvalue weighted by molar-refractivity contribution is 5.96. The fraction of sp³-hybridized carbons (Fsp3) is 0.170. The van der Waals surface area contributed by atoms with Crippen LogP contribution in [0.4, 0.5) is 20.4 Å². The molecule has 7 heterocycles. The van der Waals surface area contributed by atoms with Crippen LogP contribution in [-0.4, -0.2) is 100 Å². The Balaban J connectivity index is 0.000000163. The highest BCUT2D eigenvalue weighted by atomic mass is 19.1. The number of nitrogen functional groups attached to an aromatic ring is 2. The van der Waals surface area contributed by atoms with E-state index in [1.807, 2.05) is 72.7 Å². The zero-order chi connectivity index (χ0) is 48.8. The lowest BCUT2D eigenvalue weighted by Crippen LogP contribution is -2.47. The molecule has 4 N–H and O–H groups in total. The van der Waals surface area contributed by atoms with Gasteiger partial charge in [0, 0.05) is 84.0 Å². The second-order valence-electron chi connectivity index (χ2n) is 17.1. The smallest absolute Gasteiger partial charge is 0.358 e. The molecular weight excluding hydrogens is 891 g/mol. The number of aromatic nitrogens is 8. The van der Waals surface area contributed by atoms with E-state index in [1.54, 1.807) is 60.4 Å². The van der Waals surface area contributed by atoms with Gasteiger partial charge < -0.3 is 26.0 Å². The Labute approximate surface area is 400 Å². The quantitative estimate of drug-likeness (QED) is 0.145. The summed E-state index contributed by atoms with van der Waals surface area (Å²) in [6.45, 7) is 8.92. The lowest BCUT2D eigenvalue weighted by atomic mass is 10.0. The van der Waals surface area contributed by atoms with E-state index < -0.39 is 5.97 Å². The number of anilines is 2. The average Bonchev–Trinajstić information content (AvgIpc) is 4.03. The molecule has 0 unspecified atom stereocenters. The van der Waals surface area contributed by atoms with Gasteiger partial charge in [0.1, 0.15) is 17.3 Å². The monoisotopic (exact) mass is 936 g/mol. The third-order valence-corrected chi connectivity index (χ3v) is 12.5. The highest BCUT2D eigenvalue weighted by Crippen LogP contribution is 2.37. The molecule has 70 heavy (non-hydrogen) atoms. The molecule has 350 valence electrons. The van der Waals surface area contributed by atoms with Gasteiger partial charge in [0.25, 0.3) is 5.91 Å². The van der Waals surface area contributed by atoms with E-state index in [2.05, 4.69) is 35.9 Å². The van der Waals surface area contributed by atoms with Crippen molar-refractivity contribution in [2.24, 2.45) is 0 Å². The van der Waals surface area contributed by atoms with Gasteiger partial charge in [-0.2, -0.15) is 0 Å². The Morgan fingerprint density at radius 1 is 0.600 bits per heavy atom. The van der Waals surface area contributed by atoms with Crippen molar-refractivity contribution in [1.29, 1.82) is 0 Å². The number of imidazole rings is 2. The van der Waals surface area contributed by atoms with Crippen molar-refractivity contribution in [3.8, 4) is 45.0 Å². The number of benzene rings is 4. The van der Waals surface area contributed by atoms with Crippen LogP contribution in [-0.2, 0) is 4.74 Å². The summed E-state index contributed by atoms with van der Waals surface area (Å²) in [5.74, 6) is -1.03. The number of piperazine rings is 1. The first-order valence-corrected chi connectivity index (χ1v) is 22.6. The van der Waals surface area contributed by atoms with Crippen LogP contribution in [0.2, 0.25) is 0 Å². The zero-order valence-electron chi connectivity index (χ0n) is 38.7. The van der Waals surface area contributed by atoms with E-state index in [0.717, 1.165) is 57.1 Å². The maximum atomic E-state index is 13.8. The molecule has 6 aromatic heterocycles. The maximum Gasteiger partial charge on any atom is 0.358 e. The first-order chi connectivity index (χ1) is 33.8. The van der Waals surface area contributed by atoms with Gasteiger partial charge in [0.15, 0.2) is 28.6 Å². The van der Waals surface area contributed by atoms with Crippen molar-refractivity contribution in [3.05, 3.63) is 156 Å². The Bertz CT molecular complexity index is 3660. The third kappa shape index (κ3) is 8.47. The summed E-state index contributed by atoms with van der Waals surface area (Å²) in [5, 5.41) is 1.99. The molecule has 0 atom stereocenters. The fourth-order valence-corrected chi connectivity index (χ4v) is 8.75. The number of pyridine rings is 2. The van der Waals surface area contributed by atoms with Gasteiger partial charge in [0.05, 0.1) is 40.4 Å². The molecule has 1 amide bonds. The number of nitrogens with zero attached hydrogens (tertiary/aromatic N) is 10. The molecule has 0 aliphatic carbocycles. The number of halogens is 2. The number of nitrogens with two attached hydrogens (primary N) is 2. The molecule has 11 rings (SSSR count). The molecule has 17 heteroatoms. The summed E-state index contributed by atoms with van der Waals surface area (Å²) in [4.78, 5) is 57.0. The van der Waals surface area contributed by atoms with Gasteiger partial charge in [-0.1, -0.05) is 12.1 Å². The molecule has 1 aliphatic heterocycles. The van der Waals surface area contributed by atoms with E-state index >= 15 is 0 Å². The topological polar surface area (TPSA) is 188 Å². The van der Waals surface area contributed by atoms with Crippen LogP contribution in [0.5, 0.6) is 0 Å². The number of aryl methyl sites for hydroxylation is 2. The van der Waals surface area contributed by atoms with Gasteiger partial charge in [0.2, 0.25) is 0 Å². The van der Waals surface area contributed by atoms with Crippen LogP contribution < -0.4 is 11.5 Å². The third-order valence-electron chi connectivity index (χ3n) is 12.5. The van der Waals surface area contributed by atoms with Crippen molar-refractivity contribution in [1.82, 2.24) is 48.5 Å². The molecule has 0 saturated carbocycles. The van der Waals surface area contributed by atoms with Crippen molar-refractivity contribution in [3.63, 3.8) is 0 Å². The van der Waals surface area contributed by atoms with Crippen LogP contribution in [0.15, 0.2) is 122 Å². The number of amides is 1. The van der Waals surface area contributed by atoms with Crippen molar-refractivity contribution in [2.45, 2.75) is 20.8 Å². The molecule has 10 aromatic rings. The zero-order valence-corrected chi connectivity index (χ0v) is 38.7. The number of likely N-dealkylation sites (N-methyl/N-ethyl adjacent to an activating group) is 1. The van der Waals surface area contributed by atoms with Crippen molar-refractivity contribution < 1.29 is 23.1 Å². The number of carbonyl (C=O) groups excluding carboxylic acids is 2. The van der Waals surface area contributed by atoms with Crippen molar-refractivity contribution >= 4 is 56.6 Å². The predicted octanol–water partition coefficient (Wildman–Crippen LogP) is 8.85. The number of carbonyl (C=O) groups is 2. The van der Waals surface area contributed by atoms with Gasteiger partial charge in [-0.3, -0.25) is 23.6 Å². The van der Waals surface area contributed by atoms with Gasteiger partial charge in [-0.05, 0) is 124 Å². The molecule has 1 aliphatic rings. The average molecular weight is 937 g/mol. The van der Waals surface area contributed by atoms with Gasteiger partial charge in [-0.25, -0.2) is 33.5 Å². The number of fused-ring (bicyclic) bond motifs is 4. The van der Waals surface area contributed by atoms with E-state index in [4.69, 9.17) is 21.2 Å². The lowest BCUT2D eigenvalue weighted by Gasteiger charge is -2.31. The van der Waals surface area contributed by atoms with Crippen LogP contribution in [0.1, 0.15) is 39.0 Å². The van der Waals surface area contributed by atoms with E-state index in [-0.39, 0.29) is 41.5 Å². The molecule has 1 fully saturated rings. The molecule has 1 saturated heterocycles. The minimum Gasteiger partial charge on any atom is -0.461 e. The SMILES string of the molecule is CCOC(=O)c1cn2c(-c3ccc4nccc(C)c4c3)c(-c3ccc(F)cc3)nc(N)c2n1.Cc1ccnc2ccc(-c3c(-c4ccc(F)cc4)nc(N)c4nc(C(=O)N5CCN(C)CC5)cn34)cc12. The minimum atomic E-state index is -0.548. The number of esters is 1. The summed E-state index contributed by atoms with van der Waals surface area (Å²) in [7, 11) is 2.04. The number of hydrogen-bond donors (Lipinski definition) is 2. The summed E-state index contributed by atoms with van der Waals surface area (Å²) in [5.41, 5.74) is 23.3. The van der Waals surface area contributed by atoms with Crippen LogP contribution in [0.3, 0.4) is 0 Å². The standard InChI is InChI=1S/C28H26FN7O.C25H20FN5O2/c1-17-9-10-31-22-8-5-19(15-21(17)22)25-24(18-3-6-20(29)7-4-18)33-26(30)27-32-23(16-36(25)27)28(37)35-13-11-34(2)12-14-35;1-3-33-25(32)20-13-31-22(16-6-9-19-18(12-16)14(2)10-11-28-19)21(30-23(27)24(31)29-20)15-4-7-17(26)8-5-15/h3-10,15-16H,11-14H2,1-2H3,(H2,30,33);4-13H,3H2,1-2H3,(H2,27,30). The molecule has 0 bridgehead atoms. The number of hydrogen-bond acceptors (Lipinski definition) is 12. The molecule has 15 nitrogen and oxygen atoms in total. The van der Waals surface area contributed by atoms with E-state index in [0.29, 0.717) is 64.0 Å². The Hall–Kier alpha value is -8.70. The first kappa shape index (κ1) is 45.1. The summed E-state index contributed by atoms with van der Waals surface area (Å²) in [6.07, 6.45) is 6.88. The Morgan fingerprint density at radius 2 is 1.04 bits per heavy atom. The normalized spacial score (nSPS) is 13.0. The number of rotatable bonds is 7. The largest absolute Gasteiger partial charge is 0.461 e. The highest BCUT2D eigenvalue weighted by Gasteiger charge is 2.26. The second-order valence-corrected chi connectivity index (χ2v) is 17.1. The van der Waals surface area contributed by atoms with Crippen LogP contribution >= 0.6 is 0 Å². The minimum absolute atomic E-state index is 0.126.